The van der Waals surface area contributed by atoms with Crippen LogP contribution in [0.1, 0.15) is 50.6 Å². The van der Waals surface area contributed by atoms with Crippen molar-refractivity contribution in [2.75, 3.05) is 19.6 Å². The number of aromatic nitrogens is 3. The molecule has 1 aromatic heterocycles. The molecule has 0 aromatic carbocycles. The first-order valence-electron chi connectivity index (χ1n) is 10.2. The Bertz CT molecular complexity index is 550. The summed E-state index contributed by atoms with van der Waals surface area (Å²) in [6.45, 7) is 5.66. The highest BCUT2D eigenvalue weighted by Crippen LogP contribution is 2.47. The maximum absolute atomic E-state index is 4.50. The molecule has 5 fully saturated rings. The number of nitrogens with one attached hydrogen (secondary N) is 1. The van der Waals surface area contributed by atoms with Crippen LogP contribution < -0.4 is 5.32 Å². The standard InChI is InChI=1S/C19H31N5/c1-2-14(9-20-3-1)11-24-13-18(21-22-24)12-23-10-17-5-15-4-16(6-17)8-19(23)7-15/h13-17,19-20H,1-12H2/t14?,15-,16+,17?,19?. The number of piperidine rings is 1. The summed E-state index contributed by atoms with van der Waals surface area (Å²) < 4.78 is 2.09. The zero-order valence-electron chi connectivity index (χ0n) is 14.7. The molecule has 5 nitrogen and oxygen atoms in total. The largest absolute Gasteiger partial charge is 0.316 e. The van der Waals surface area contributed by atoms with Gasteiger partial charge in [-0.3, -0.25) is 9.58 Å². The van der Waals surface area contributed by atoms with Gasteiger partial charge in [0.2, 0.25) is 0 Å². The molecule has 132 valence electrons. The predicted octanol–water partition coefficient (Wildman–Crippen LogP) is 2.29. The van der Waals surface area contributed by atoms with Crippen LogP contribution in [0.3, 0.4) is 0 Å². The molecule has 0 spiro atoms. The van der Waals surface area contributed by atoms with Gasteiger partial charge in [0.15, 0.2) is 0 Å². The normalized spacial score (nSPS) is 39.2. The van der Waals surface area contributed by atoms with Crippen LogP contribution in [0.2, 0.25) is 0 Å². The minimum atomic E-state index is 0.720. The van der Waals surface area contributed by atoms with E-state index in [1.165, 1.54) is 63.7 Å². The van der Waals surface area contributed by atoms with Gasteiger partial charge >= 0.3 is 0 Å². The summed E-state index contributed by atoms with van der Waals surface area (Å²) in [6, 6.07) is 0.814. The number of hydrogen-bond donors (Lipinski definition) is 1. The Hall–Kier alpha value is -0.940. The van der Waals surface area contributed by atoms with Crippen LogP contribution in [0, 0.1) is 23.7 Å². The van der Waals surface area contributed by atoms with Crippen LogP contribution in [-0.4, -0.2) is 45.6 Å². The van der Waals surface area contributed by atoms with Gasteiger partial charge in [-0.05, 0) is 81.7 Å². The molecular formula is C19H31N5. The maximum Gasteiger partial charge on any atom is 0.0967 e. The Morgan fingerprint density at radius 1 is 1.08 bits per heavy atom. The quantitative estimate of drug-likeness (QED) is 0.921. The van der Waals surface area contributed by atoms with E-state index >= 15 is 0 Å². The molecule has 1 N–H and O–H groups in total. The first-order chi connectivity index (χ1) is 11.8. The summed E-state index contributed by atoms with van der Waals surface area (Å²) in [5.41, 5.74) is 1.18. The van der Waals surface area contributed by atoms with E-state index in [0.29, 0.717) is 0 Å². The molecule has 2 aliphatic carbocycles. The van der Waals surface area contributed by atoms with Gasteiger partial charge in [0.05, 0.1) is 5.69 Å². The molecule has 3 saturated heterocycles. The summed E-state index contributed by atoms with van der Waals surface area (Å²) in [5, 5.41) is 12.4. The van der Waals surface area contributed by atoms with E-state index in [-0.39, 0.29) is 0 Å². The molecule has 1 aromatic rings. The molecule has 5 heteroatoms. The Morgan fingerprint density at radius 3 is 2.71 bits per heavy atom. The molecule has 0 radical (unpaired) electrons. The van der Waals surface area contributed by atoms with Crippen molar-refractivity contribution in [2.45, 2.75) is 64.1 Å². The highest BCUT2D eigenvalue weighted by Gasteiger charge is 2.42. The number of rotatable bonds is 4. The van der Waals surface area contributed by atoms with Crippen molar-refractivity contribution < 1.29 is 0 Å². The molecule has 3 unspecified atom stereocenters. The molecule has 6 rings (SSSR count). The second kappa shape index (κ2) is 6.41. The van der Waals surface area contributed by atoms with Gasteiger partial charge < -0.3 is 5.32 Å². The van der Waals surface area contributed by atoms with Crippen LogP contribution in [-0.2, 0) is 13.1 Å². The van der Waals surface area contributed by atoms with E-state index in [0.717, 1.165) is 49.3 Å². The van der Waals surface area contributed by atoms with Gasteiger partial charge in [-0.1, -0.05) is 5.21 Å². The van der Waals surface area contributed by atoms with Gasteiger partial charge in [0.1, 0.15) is 0 Å². The highest BCUT2D eigenvalue weighted by molar-refractivity contribution is 4.99. The van der Waals surface area contributed by atoms with Crippen LogP contribution in [0.5, 0.6) is 0 Å². The van der Waals surface area contributed by atoms with Crippen LogP contribution >= 0.6 is 0 Å². The molecule has 2 saturated carbocycles. The van der Waals surface area contributed by atoms with Gasteiger partial charge in [-0.25, -0.2) is 0 Å². The van der Waals surface area contributed by atoms with Crippen LogP contribution in [0.25, 0.3) is 0 Å². The summed E-state index contributed by atoms with van der Waals surface area (Å²) >= 11 is 0. The summed E-state index contributed by atoms with van der Waals surface area (Å²) in [7, 11) is 0. The molecule has 5 atom stereocenters. The third-order valence-corrected chi connectivity index (χ3v) is 7.02. The Morgan fingerprint density at radius 2 is 1.92 bits per heavy atom. The summed E-state index contributed by atoms with van der Waals surface area (Å²) in [5.74, 6) is 3.71. The molecule has 5 aliphatic rings. The Labute approximate surface area is 145 Å². The third kappa shape index (κ3) is 3.13. The minimum absolute atomic E-state index is 0.720. The topological polar surface area (TPSA) is 46.0 Å². The maximum atomic E-state index is 4.50. The fourth-order valence-corrected chi connectivity index (χ4v) is 6.13. The van der Waals surface area contributed by atoms with E-state index in [1.54, 1.807) is 0 Å². The zero-order chi connectivity index (χ0) is 15.9. The lowest BCUT2D eigenvalue weighted by atomic mass is 9.68. The lowest BCUT2D eigenvalue weighted by molar-refractivity contribution is 0.121. The molecule has 0 amide bonds. The predicted molar refractivity (Wildman–Crippen MR) is 93.4 cm³/mol. The molecule has 24 heavy (non-hydrogen) atoms. The average molecular weight is 329 g/mol. The first kappa shape index (κ1) is 15.3. The van der Waals surface area contributed by atoms with Gasteiger partial charge in [0.25, 0.3) is 0 Å². The van der Waals surface area contributed by atoms with E-state index in [4.69, 9.17) is 0 Å². The average Bonchev–Trinajstić information content (AvgIpc) is 2.92. The van der Waals surface area contributed by atoms with E-state index < -0.39 is 0 Å². The first-order valence-corrected chi connectivity index (χ1v) is 10.2. The van der Waals surface area contributed by atoms with Gasteiger partial charge in [-0.2, -0.15) is 0 Å². The molecule has 4 bridgehead atoms. The van der Waals surface area contributed by atoms with Gasteiger partial charge in [-0.15, -0.1) is 5.10 Å². The fourth-order valence-electron chi connectivity index (χ4n) is 6.13. The van der Waals surface area contributed by atoms with Crippen molar-refractivity contribution in [3.05, 3.63) is 11.9 Å². The second-order valence-corrected chi connectivity index (χ2v) is 9.00. The monoisotopic (exact) mass is 329 g/mol. The van der Waals surface area contributed by atoms with Crippen molar-refractivity contribution >= 4 is 0 Å². The van der Waals surface area contributed by atoms with E-state index in [2.05, 4.69) is 31.4 Å². The Balaban J connectivity index is 1.23. The van der Waals surface area contributed by atoms with Crippen molar-refractivity contribution in [1.82, 2.24) is 25.2 Å². The summed E-state index contributed by atoms with van der Waals surface area (Å²) in [4.78, 5) is 2.75. The zero-order valence-corrected chi connectivity index (χ0v) is 14.7. The summed E-state index contributed by atoms with van der Waals surface area (Å²) in [6.07, 6.45) is 12.2. The highest BCUT2D eigenvalue weighted by atomic mass is 15.4. The van der Waals surface area contributed by atoms with Crippen LogP contribution in [0.4, 0.5) is 0 Å². The van der Waals surface area contributed by atoms with E-state index in [1.807, 2.05) is 0 Å². The Kier molecular flexibility index (Phi) is 4.10. The second-order valence-electron chi connectivity index (χ2n) is 9.00. The van der Waals surface area contributed by atoms with Crippen molar-refractivity contribution in [3.63, 3.8) is 0 Å². The minimum Gasteiger partial charge on any atom is -0.316 e. The number of hydrogen-bond acceptors (Lipinski definition) is 4. The molecule has 4 heterocycles. The number of nitrogens with zero attached hydrogens (tertiary/aromatic N) is 4. The lowest BCUT2D eigenvalue weighted by Gasteiger charge is -2.39. The lowest BCUT2D eigenvalue weighted by Crippen LogP contribution is -2.37. The van der Waals surface area contributed by atoms with Crippen molar-refractivity contribution in [3.8, 4) is 0 Å². The van der Waals surface area contributed by atoms with Crippen LogP contribution in [0.15, 0.2) is 6.20 Å². The smallest absolute Gasteiger partial charge is 0.0967 e. The van der Waals surface area contributed by atoms with E-state index in [9.17, 15) is 0 Å². The van der Waals surface area contributed by atoms with Gasteiger partial charge in [0, 0.05) is 31.9 Å². The number of fused-ring (bicyclic) bond motifs is 1. The fraction of sp³-hybridized carbons (Fsp3) is 0.895. The third-order valence-electron chi connectivity index (χ3n) is 7.02. The van der Waals surface area contributed by atoms with Crippen molar-refractivity contribution in [2.24, 2.45) is 23.7 Å². The SMILES string of the molecule is c1c(CN2CC3C[C@@H]4CC2C[C@H](C3)C4)nnn1CC1CCCNC1. The van der Waals surface area contributed by atoms with Crippen molar-refractivity contribution in [1.29, 1.82) is 0 Å². The molecular weight excluding hydrogens is 298 g/mol. The molecule has 3 aliphatic heterocycles.